The van der Waals surface area contributed by atoms with E-state index in [-0.39, 0.29) is 11.6 Å². The Bertz CT molecular complexity index is 892. The van der Waals surface area contributed by atoms with Crippen molar-refractivity contribution in [2.24, 2.45) is 0 Å². The molecule has 0 atom stereocenters. The van der Waals surface area contributed by atoms with Crippen molar-refractivity contribution in [1.82, 2.24) is 14.9 Å². The minimum atomic E-state index is -0.154. The van der Waals surface area contributed by atoms with Gasteiger partial charge < -0.3 is 10.3 Å². The van der Waals surface area contributed by atoms with Gasteiger partial charge in [-0.05, 0) is 24.6 Å². The van der Waals surface area contributed by atoms with E-state index < -0.39 is 0 Å². The van der Waals surface area contributed by atoms with E-state index in [0.29, 0.717) is 19.5 Å². The third kappa shape index (κ3) is 3.51. The number of amides is 1. The van der Waals surface area contributed by atoms with Crippen molar-refractivity contribution in [2.75, 3.05) is 6.54 Å². The van der Waals surface area contributed by atoms with Crippen LogP contribution in [0.25, 0.3) is 11.0 Å². The van der Waals surface area contributed by atoms with Gasteiger partial charge in [0.15, 0.2) is 0 Å². The van der Waals surface area contributed by atoms with Gasteiger partial charge in [0.2, 0.25) is 5.91 Å². The van der Waals surface area contributed by atoms with Gasteiger partial charge in [-0.15, -0.1) is 0 Å². The van der Waals surface area contributed by atoms with Gasteiger partial charge in [0.25, 0.3) is 0 Å². The molecule has 3 rings (SSSR count). The van der Waals surface area contributed by atoms with Gasteiger partial charge in [-0.2, -0.15) is 0 Å². The van der Waals surface area contributed by atoms with Gasteiger partial charge in [0.1, 0.15) is 0 Å². The standard InChI is InChI=1S/C18H19N3O2/c1-13-5-4-6-14(11-13)12-17(22)19-9-10-21-16-8-3-2-7-15(16)20-18(21)23/h2-8,11H,9-10,12H2,1H3,(H,19,22)(H,20,23). The highest BCUT2D eigenvalue weighted by atomic mass is 16.2. The molecule has 0 aliphatic heterocycles. The Hall–Kier alpha value is -2.82. The first-order valence-corrected chi connectivity index (χ1v) is 7.63. The molecule has 3 aromatic rings. The maximum atomic E-state index is 12.0. The first kappa shape index (κ1) is 15.1. The number of aromatic nitrogens is 2. The molecule has 0 bridgehead atoms. The SMILES string of the molecule is Cc1cccc(CC(=O)NCCn2c(=O)[nH]c3ccccc32)c1. The number of aromatic amines is 1. The molecule has 2 aromatic carbocycles. The Labute approximate surface area is 134 Å². The highest BCUT2D eigenvalue weighted by molar-refractivity contribution is 5.78. The van der Waals surface area contributed by atoms with E-state index in [0.717, 1.165) is 22.2 Å². The van der Waals surface area contributed by atoms with Gasteiger partial charge in [-0.1, -0.05) is 42.0 Å². The number of imidazole rings is 1. The number of para-hydroxylation sites is 2. The maximum absolute atomic E-state index is 12.0. The predicted octanol–water partition coefficient (Wildman–Crippen LogP) is 2.00. The van der Waals surface area contributed by atoms with E-state index in [1.54, 1.807) is 4.57 Å². The summed E-state index contributed by atoms with van der Waals surface area (Å²) in [6.07, 6.45) is 0.352. The molecule has 118 valence electrons. The van der Waals surface area contributed by atoms with Crippen LogP contribution in [0, 0.1) is 6.92 Å². The lowest BCUT2D eigenvalue weighted by atomic mass is 10.1. The molecule has 0 aliphatic rings. The molecule has 5 heteroatoms. The van der Waals surface area contributed by atoms with Gasteiger partial charge in [0.05, 0.1) is 17.5 Å². The Morgan fingerprint density at radius 1 is 1.17 bits per heavy atom. The largest absolute Gasteiger partial charge is 0.354 e. The molecule has 0 fully saturated rings. The van der Waals surface area contributed by atoms with E-state index in [4.69, 9.17) is 0 Å². The molecule has 1 aromatic heterocycles. The predicted molar refractivity (Wildman–Crippen MR) is 90.5 cm³/mol. The zero-order valence-corrected chi connectivity index (χ0v) is 13.0. The summed E-state index contributed by atoms with van der Waals surface area (Å²) in [7, 11) is 0. The number of nitrogens with zero attached hydrogens (tertiary/aromatic N) is 1. The molecule has 0 aliphatic carbocycles. The van der Waals surface area contributed by atoms with Gasteiger partial charge in [0, 0.05) is 13.1 Å². The van der Waals surface area contributed by atoms with Gasteiger partial charge in [-0.25, -0.2) is 4.79 Å². The molecule has 1 amide bonds. The molecule has 1 heterocycles. The van der Waals surface area contributed by atoms with Crippen molar-refractivity contribution < 1.29 is 4.79 Å². The summed E-state index contributed by atoms with van der Waals surface area (Å²) in [4.78, 5) is 26.7. The number of rotatable bonds is 5. The molecular formula is C18H19N3O2. The number of H-pyrrole nitrogens is 1. The fourth-order valence-electron chi connectivity index (χ4n) is 2.71. The highest BCUT2D eigenvalue weighted by Gasteiger charge is 2.07. The van der Waals surface area contributed by atoms with Crippen LogP contribution >= 0.6 is 0 Å². The number of aryl methyl sites for hydroxylation is 1. The van der Waals surface area contributed by atoms with Crippen LogP contribution in [0.1, 0.15) is 11.1 Å². The first-order chi connectivity index (χ1) is 11.1. The van der Waals surface area contributed by atoms with Crippen LogP contribution < -0.4 is 11.0 Å². The average molecular weight is 309 g/mol. The number of carbonyl (C=O) groups excluding carboxylic acids is 1. The molecule has 0 radical (unpaired) electrons. The van der Waals surface area contributed by atoms with Gasteiger partial charge >= 0.3 is 5.69 Å². The van der Waals surface area contributed by atoms with Crippen LogP contribution in [-0.2, 0) is 17.8 Å². The molecule has 0 spiro atoms. The zero-order valence-electron chi connectivity index (χ0n) is 13.0. The fraction of sp³-hybridized carbons (Fsp3) is 0.222. The second kappa shape index (κ2) is 6.52. The van der Waals surface area contributed by atoms with E-state index in [1.807, 2.05) is 55.5 Å². The Morgan fingerprint density at radius 3 is 2.83 bits per heavy atom. The monoisotopic (exact) mass is 309 g/mol. The molecule has 2 N–H and O–H groups in total. The van der Waals surface area contributed by atoms with Crippen molar-refractivity contribution in [2.45, 2.75) is 19.9 Å². The van der Waals surface area contributed by atoms with Crippen LogP contribution in [0.5, 0.6) is 0 Å². The number of carbonyl (C=O) groups is 1. The number of benzene rings is 2. The van der Waals surface area contributed by atoms with Crippen molar-refractivity contribution in [1.29, 1.82) is 0 Å². The topological polar surface area (TPSA) is 66.9 Å². The lowest BCUT2D eigenvalue weighted by molar-refractivity contribution is -0.120. The Balaban J connectivity index is 1.59. The molecule has 0 saturated carbocycles. The van der Waals surface area contributed by atoms with E-state index in [1.165, 1.54) is 0 Å². The molecule has 23 heavy (non-hydrogen) atoms. The number of nitrogens with one attached hydrogen (secondary N) is 2. The highest BCUT2D eigenvalue weighted by Crippen LogP contribution is 2.08. The first-order valence-electron chi connectivity index (χ1n) is 7.63. The number of hydrogen-bond donors (Lipinski definition) is 2. The summed E-state index contributed by atoms with van der Waals surface area (Å²) in [6.45, 7) is 2.87. The summed E-state index contributed by atoms with van der Waals surface area (Å²) >= 11 is 0. The second-order valence-corrected chi connectivity index (χ2v) is 5.61. The normalized spacial score (nSPS) is 10.8. The third-order valence-corrected chi connectivity index (χ3v) is 3.79. The minimum Gasteiger partial charge on any atom is -0.354 e. The van der Waals surface area contributed by atoms with Crippen LogP contribution in [0.3, 0.4) is 0 Å². The minimum absolute atomic E-state index is 0.0384. The maximum Gasteiger partial charge on any atom is 0.326 e. The lowest BCUT2D eigenvalue weighted by Crippen LogP contribution is -2.31. The lowest BCUT2D eigenvalue weighted by Gasteiger charge is -2.07. The van der Waals surface area contributed by atoms with Crippen molar-refractivity contribution in [3.8, 4) is 0 Å². The summed E-state index contributed by atoms with van der Waals surface area (Å²) in [6, 6.07) is 15.4. The zero-order chi connectivity index (χ0) is 16.2. The number of hydrogen-bond acceptors (Lipinski definition) is 2. The summed E-state index contributed by atoms with van der Waals surface area (Å²) in [5.74, 6) is -0.0384. The van der Waals surface area contributed by atoms with E-state index in [2.05, 4.69) is 10.3 Å². The Morgan fingerprint density at radius 2 is 2.00 bits per heavy atom. The van der Waals surface area contributed by atoms with Crippen LogP contribution in [0.4, 0.5) is 0 Å². The average Bonchev–Trinajstić information content (AvgIpc) is 2.83. The quantitative estimate of drug-likeness (QED) is 0.757. The Kier molecular flexibility index (Phi) is 4.28. The smallest absolute Gasteiger partial charge is 0.326 e. The van der Waals surface area contributed by atoms with Crippen LogP contribution in [0.15, 0.2) is 53.3 Å². The number of fused-ring (bicyclic) bond motifs is 1. The molecule has 0 unspecified atom stereocenters. The second-order valence-electron chi connectivity index (χ2n) is 5.61. The van der Waals surface area contributed by atoms with Crippen LogP contribution in [0.2, 0.25) is 0 Å². The van der Waals surface area contributed by atoms with E-state index in [9.17, 15) is 9.59 Å². The van der Waals surface area contributed by atoms with Crippen molar-refractivity contribution in [3.63, 3.8) is 0 Å². The summed E-state index contributed by atoms with van der Waals surface area (Å²) in [5.41, 5.74) is 3.64. The molecule has 0 saturated heterocycles. The van der Waals surface area contributed by atoms with Gasteiger partial charge in [-0.3, -0.25) is 9.36 Å². The summed E-state index contributed by atoms with van der Waals surface area (Å²) < 4.78 is 1.64. The molecule has 5 nitrogen and oxygen atoms in total. The van der Waals surface area contributed by atoms with Crippen molar-refractivity contribution >= 4 is 16.9 Å². The third-order valence-electron chi connectivity index (χ3n) is 3.79. The molecular weight excluding hydrogens is 290 g/mol. The van der Waals surface area contributed by atoms with E-state index >= 15 is 0 Å². The van der Waals surface area contributed by atoms with Crippen molar-refractivity contribution in [3.05, 3.63) is 70.1 Å². The van der Waals surface area contributed by atoms with Crippen LogP contribution in [-0.4, -0.2) is 22.0 Å². The summed E-state index contributed by atoms with van der Waals surface area (Å²) in [5, 5.41) is 2.87. The fourth-order valence-corrected chi connectivity index (χ4v) is 2.71.